The van der Waals surface area contributed by atoms with Gasteiger partial charge in [0.1, 0.15) is 11.5 Å². The van der Waals surface area contributed by atoms with Crippen LogP contribution in [0.5, 0.6) is 11.5 Å². The fraction of sp³-hybridized carbons (Fsp3) is 0.154. The molecular formula is C26H26N4O5. The maximum absolute atomic E-state index is 12.3. The topological polar surface area (TPSA) is 118 Å². The van der Waals surface area contributed by atoms with Crippen molar-refractivity contribution in [3.05, 3.63) is 83.4 Å². The van der Waals surface area contributed by atoms with Crippen LogP contribution in [0.1, 0.15) is 16.7 Å². The van der Waals surface area contributed by atoms with Crippen LogP contribution in [0.4, 0.5) is 11.4 Å². The molecule has 0 bridgehead atoms. The number of rotatable bonds is 8. The lowest BCUT2D eigenvalue weighted by Crippen LogP contribution is -2.32. The monoisotopic (exact) mass is 474 g/mol. The summed E-state index contributed by atoms with van der Waals surface area (Å²) in [5.41, 5.74) is 5.90. The van der Waals surface area contributed by atoms with E-state index in [0.717, 1.165) is 16.8 Å². The second-order valence-corrected chi connectivity index (χ2v) is 7.56. The maximum Gasteiger partial charge on any atom is 0.329 e. The highest BCUT2D eigenvalue weighted by molar-refractivity contribution is 6.39. The zero-order valence-corrected chi connectivity index (χ0v) is 19.6. The lowest BCUT2D eigenvalue weighted by molar-refractivity contribution is -0.136. The van der Waals surface area contributed by atoms with E-state index < -0.39 is 11.8 Å². The third kappa shape index (κ3) is 7.43. The molecule has 3 aromatic rings. The van der Waals surface area contributed by atoms with Crippen LogP contribution in [-0.4, -0.2) is 37.7 Å². The predicted octanol–water partition coefficient (Wildman–Crippen LogP) is 3.42. The zero-order chi connectivity index (χ0) is 25.2. The van der Waals surface area contributed by atoms with E-state index in [4.69, 9.17) is 9.47 Å². The lowest BCUT2D eigenvalue weighted by atomic mass is 10.1. The molecule has 0 radical (unpaired) electrons. The molecule has 0 unspecified atom stereocenters. The van der Waals surface area contributed by atoms with Crippen LogP contribution in [0.2, 0.25) is 0 Å². The summed E-state index contributed by atoms with van der Waals surface area (Å²) in [5.74, 6) is -1.09. The highest BCUT2D eigenvalue weighted by Gasteiger charge is 2.13. The van der Waals surface area contributed by atoms with E-state index >= 15 is 0 Å². The summed E-state index contributed by atoms with van der Waals surface area (Å²) in [4.78, 5) is 36.3. The highest BCUT2D eigenvalue weighted by Crippen LogP contribution is 2.20. The maximum atomic E-state index is 12.3. The number of amides is 3. The summed E-state index contributed by atoms with van der Waals surface area (Å²) in [6, 6.07) is 19.2. The number of carbonyl (C=O) groups is 3. The van der Waals surface area contributed by atoms with Gasteiger partial charge in [0.15, 0.2) is 6.61 Å². The molecule has 9 heteroatoms. The van der Waals surface area contributed by atoms with E-state index in [0.29, 0.717) is 22.7 Å². The van der Waals surface area contributed by atoms with Crippen molar-refractivity contribution in [3.8, 4) is 11.5 Å². The molecule has 3 rings (SSSR count). The second-order valence-electron chi connectivity index (χ2n) is 7.56. The number of anilines is 2. The van der Waals surface area contributed by atoms with Crippen LogP contribution in [0.25, 0.3) is 0 Å². The number of para-hydroxylation sites is 1. The van der Waals surface area contributed by atoms with E-state index in [1.54, 1.807) is 48.5 Å². The van der Waals surface area contributed by atoms with Gasteiger partial charge >= 0.3 is 11.8 Å². The van der Waals surface area contributed by atoms with Crippen molar-refractivity contribution in [3.63, 3.8) is 0 Å². The molecule has 0 spiro atoms. The molecule has 0 fully saturated rings. The van der Waals surface area contributed by atoms with E-state index in [9.17, 15) is 14.4 Å². The van der Waals surface area contributed by atoms with Gasteiger partial charge in [0, 0.05) is 17.4 Å². The average molecular weight is 475 g/mol. The van der Waals surface area contributed by atoms with Crippen molar-refractivity contribution in [2.45, 2.75) is 13.8 Å². The minimum Gasteiger partial charge on any atom is -0.497 e. The Labute approximate surface area is 203 Å². The van der Waals surface area contributed by atoms with Crippen molar-refractivity contribution in [2.75, 3.05) is 24.4 Å². The quantitative estimate of drug-likeness (QED) is 0.263. The zero-order valence-electron chi connectivity index (χ0n) is 19.6. The normalized spacial score (nSPS) is 10.5. The molecular weight excluding hydrogens is 448 g/mol. The van der Waals surface area contributed by atoms with Gasteiger partial charge in [-0.3, -0.25) is 14.4 Å². The van der Waals surface area contributed by atoms with Crippen molar-refractivity contribution < 1.29 is 23.9 Å². The van der Waals surface area contributed by atoms with Gasteiger partial charge < -0.3 is 20.1 Å². The fourth-order valence-corrected chi connectivity index (χ4v) is 3.13. The van der Waals surface area contributed by atoms with Crippen LogP contribution in [-0.2, 0) is 14.4 Å². The molecule has 0 aliphatic heterocycles. The number of methoxy groups -OCH3 is 1. The standard InChI is InChI=1S/C26H26N4O5/c1-17-7-4-8-18(2)24(17)29-23(31)16-35-22-12-5-9-19(13-22)15-27-30-26(33)25(32)28-20-10-6-11-21(14-20)34-3/h4-15H,16H2,1-3H3,(H,28,32)(H,29,31)(H,30,33)/b27-15-. The first-order valence-corrected chi connectivity index (χ1v) is 10.7. The summed E-state index contributed by atoms with van der Waals surface area (Å²) < 4.78 is 10.7. The van der Waals surface area contributed by atoms with E-state index in [1.165, 1.54) is 13.3 Å². The summed E-state index contributed by atoms with van der Waals surface area (Å²) in [5, 5.41) is 9.13. The number of hydrazone groups is 1. The molecule has 0 aliphatic rings. The highest BCUT2D eigenvalue weighted by atomic mass is 16.5. The minimum atomic E-state index is -0.931. The van der Waals surface area contributed by atoms with Crippen molar-refractivity contribution >= 4 is 35.3 Å². The Balaban J connectivity index is 1.50. The minimum absolute atomic E-state index is 0.171. The van der Waals surface area contributed by atoms with Gasteiger partial charge in [-0.2, -0.15) is 5.10 Å². The molecule has 180 valence electrons. The molecule has 3 amide bonds. The van der Waals surface area contributed by atoms with Crippen LogP contribution in [0, 0.1) is 13.8 Å². The second kappa shape index (κ2) is 12.0. The molecule has 3 N–H and O–H groups in total. The van der Waals surface area contributed by atoms with E-state index in [2.05, 4.69) is 21.2 Å². The van der Waals surface area contributed by atoms with Crippen LogP contribution >= 0.6 is 0 Å². The Morgan fingerprint density at radius 1 is 0.857 bits per heavy atom. The first-order chi connectivity index (χ1) is 16.9. The van der Waals surface area contributed by atoms with Gasteiger partial charge in [-0.25, -0.2) is 5.43 Å². The number of hydrogen-bond donors (Lipinski definition) is 3. The molecule has 0 atom stereocenters. The van der Waals surface area contributed by atoms with Crippen molar-refractivity contribution in [1.82, 2.24) is 5.43 Å². The molecule has 9 nitrogen and oxygen atoms in total. The number of aryl methyl sites for hydroxylation is 2. The Kier molecular flexibility index (Phi) is 8.55. The predicted molar refractivity (Wildman–Crippen MR) is 134 cm³/mol. The van der Waals surface area contributed by atoms with Crippen molar-refractivity contribution in [2.24, 2.45) is 5.10 Å². The molecule has 0 saturated carbocycles. The van der Waals surface area contributed by atoms with Gasteiger partial charge in [0.05, 0.1) is 13.3 Å². The Morgan fingerprint density at radius 3 is 2.29 bits per heavy atom. The summed E-state index contributed by atoms with van der Waals surface area (Å²) in [6.45, 7) is 3.68. The molecule has 0 aromatic heterocycles. The Morgan fingerprint density at radius 2 is 1.54 bits per heavy atom. The Bertz CT molecular complexity index is 1240. The molecule has 0 heterocycles. The van der Waals surface area contributed by atoms with Crippen LogP contribution in [0.15, 0.2) is 71.8 Å². The number of nitrogens with one attached hydrogen (secondary N) is 3. The van der Waals surface area contributed by atoms with Gasteiger partial charge in [-0.15, -0.1) is 0 Å². The van der Waals surface area contributed by atoms with E-state index in [-0.39, 0.29) is 12.5 Å². The number of carbonyl (C=O) groups excluding carboxylic acids is 3. The first-order valence-electron chi connectivity index (χ1n) is 10.7. The lowest BCUT2D eigenvalue weighted by Gasteiger charge is -2.12. The fourth-order valence-electron chi connectivity index (χ4n) is 3.13. The third-order valence-corrected chi connectivity index (χ3v) is 4.89. The van der Waals surface area contributed by atoms with Gasteiger partial charge in [0.2, 0.25) is 0 Å². The SMILES string of the molecule is COc1cccc(NC(=O)C(=O)N/N=C\c2cccc(OCC(=O)Nc3c(C)cccc3C)c2)c1. The van der Waals surface area contributed by atoms with Crippen LogP contribution < -0.4 is 25.5 Å². The van der Waals surface area contributed by atoms with E-state index in [1.807, 2.05) is 32.0 Å². The van der Waals surface area contributed by atoms with Gasteiger partial charge in [-0.05, 0) is 54.8 Å². The largest absolute Gasteiger partial charge is 0.497 e. The van der Waals surface area contributed by atoms with Crippen LogP contribution in [0.3, 0.4) is 0 Å². The number of nitrogens with zero attached hydrogens (tertiary/aromatic N) is 1. The molecule has 0 aliphatic carbocycles. The molecule has 0 saturated heterocycles. The molecule has 35 heavy (non-hydrogen) atoms. The van der Waals surface area contributed by atoms with Crippen molar-refractivity contribution in [1.29, 1.82) is 0 Å². The third-order valence-electron chi connectivity index (χ3n) is 4.89. The van der Waals surface area contributed by atoms with Gasteiger partial charge in [-0.1, -0.05) is 36.4 Å². The number of hydrogen-bond acceptors (Lipinski definition) is 6. The number of benzene rings is 3. The first kappa shape index (κ1) is 25.0. The Hall–Kier alpha value is -4.66. The smallest absolute Gasteiger partial charge is 0.329 e. The number of ether oxygens (including phenoxy) is 2. The van der Waals surface area contributed by atoms with Gasteiger partial charge in [0.25, 0.3) is 5.91 Å². The summed E-state index contributed by atoms with van der Waals surface area (Å²) >= 11 is 0. The summed E-state index contributed by atoms with van der Waals surface area (Å²) in [6.07, 6.45) is 1.36. The molecule has 3 aromatic carbocycles. The summed E-state index contributed by atoms with van der Waals surface area (Å²) in [7, 11) is 1.50. The average Bonchev–Trinajstić information content (AvgIpc) is 2.85.